The normalized spacial score (nSPS) is 10.3. The van der Waals surface area contributed by atoms with Crippen LogP contribution < -0.4 is 20.1 Å². The Hall–Kier alpha value is -3.91. The van der Waals surface area contributed by atoms with Gasteiger partial charge >= 0.3 is 0 Å². The van der Waals surface area contributed by atoms with Crippen molar-refractivity contribution in [2.75, 3.05) is 24.4 Å². The fraction of sp³-hybridized carbons (Fsp3) is 0.120. The van der Waals surface area contributed by atoms with Crippen LogP contribution in [0.1, 0.15) is 12.5 Å². The third-order valence-electron chi connectivity index (χ3n) is 4.58. The number of rotatable bonds is 8. The first-order chi connectivity index (χ1) is 16.3. The van der Waals surface area contributed by atoms with Gasteiger partial charge in [-0.3, -0.25) is 9.59 Å². The molecule has 0 spiro atoms. The highest BCUT2D eigenvalue weighted by molar-refractivity contribution is 6.33. The van der Waals surface area contributed by atoms with Gasteiger partial charge < -0.3 is 20.1 Å². The molecule has 0 aromatic heterocycles. The second-order valence-corrected chi connectivity index (χ2v) is 7.30. The number of hydrogen-bond acceptors (Lipinski definition) is 4. The molecule has 0 saturated carbocycles. The zero-order chi connectivity index (χ0) is 24.7. The van der Waals surface area contributed by atoms with Crippen molar-refractivity contribution in [1.29, 1.82) is 0 Å². The van der Waals surface area contributed by atoms with E-state index in [2.05, 4.69) is 10.6 Å². The van der Waals surface area contributed by atoms with E-state index >= 15 is 0 Å². The maximum atomic E-state index is 14.1. The van der Waals surface area contributed by atoms with Gasteiger partial charge in [0.2, 0.25) is 0 Å². The lowest BCUT2D eigenvalue weighted by Gasteiger charge is -2.14. The van der Waals surface area contributed by atoms with Crippen LogP contribution in [-0.4, -0.2) is 25.5 Å². The molecule has 0 atom stereocenters. The number of carbonyl (C=O) groups excluding carboxylic acids is 2. The smallest absolute Gasteiger partial charge is 0.261 e. The van der Waals surface area contributed by atoms with Crippen molar-refractivity contribution in [1.82, 2.24) is 0 Å². The zero-order valence-electron chi connectivity index (χ0n) is 18.3. The van der Waals surface area contributed by atoms with Gasteiger partial charge in [-0.05, 0) is 55.0 Å². The molecule has 0 fully saturated rings. The lowest BCUT2D eigenvalue weighted by atomic mass is 10.1. The van der Waals surface area contributed by atoms with Crippen molar-refractivity contribution in [3.05, 3.63) is 88.5 Å². The van der Waals surface area contributed by atoms with Gasteiger partial charge in [0.25, 0.3) is 11.8 Å². The van der Waals surface area contributed by atoms with Gasteiger partial charge in [0.1, 0.15) is 17.2 Å². The number of anilines is 2. The average Bonchev–Trinajstić information content (AvgIpc) is 2.80. The minimum atomic E-state index is -0.913. The molecule has 3 aromatic carbocycles. The maximum Gasteiger partial charge on any atom is 0.261 e. The summed E-state index contributed by atoms with van der Waals surface area (Å²) < 4.78 is 38.9. The first-order valence-electron chi connectivity index (χ1n) is 10.2. The summed E-state index contributed by atoms with van der Waals surface area (Å²) in [7, 11) is 1.42. The van der Waals surface area contributed by atoms with Gasteiger partial charge in [0.15, 0.2) is 11.5 Å². The molecule has 6 nitrogen and oxygen atoms in total. The van der Waals surface area contributed by atoms with Crippen molar-refractivity contribution in [3.8, 4) is 11.5 Å². The molecule has 0 aliphatic rings. The highest BCUT2D eigenvalue weighted by atomic mass is 35.5. The SMILES string of the molecule is CCOc1cc(C=C(C(=O)Nc2ccccc2F)C(=O)Nc2ccccc2F)cc(Cl)c1OC. The number of hydrogen-bond donors (Lipinski definition) is 2. The van der Waals surface area contributed by atoms with Crippen LogP contribution >= 0.6 is 11.6 Å². The Morgan fingerprint density at radius 2 is 1.47 bits per heavy atom. The molecule has 2 N–H and O–H groups in total. The van der Waals surface area contributed by atoms with Gasteiger partial charge in [-0.1, -0.05) is 35.9 Å². The van der Waals surface area contributed by atoms with Crippen LogP contribution in [0.4, 0.5) is 20.2 Å². The molecule has 0 aliphatic heterocycles. The van der Waals surface area contributed by atoms with Crippen LogP contribution in [0.25, 0.3) is 6.08 Å². The van der Waals surface area contributed by atoms with Crippen LogP contribution in [0.3, 0.4) is 0 Å². The minimum Gasteiger partial charge on any atom is -0.491 e. The number of nitrogens with one attached hydrogen (secondary N) is 2. The van der Waals surface area contributed by atoms with Gasteiger partial charge in [-0.15, -0.1) is 0 Å². The standard InChI is InChI=1S/C25H21ClF2N2O4/c1-3-34-22-14-15(13-17(26)23(22)33-2)12-16(24(31)29-20-10-6-4-8-18(20)27)25(32)30-21-11-7-5-9-19(21)28/h4-14H,3H2,1-2H3,(H,29,31)(H,30,32). The molecule has 2 amide bonds. The van der Waals surface area contributed by atoms with Crippen molar-refractivity contribution in [2.24, 2.45) is 0 Å². The van der Waals surface area contributed by atoms with E-state index in [9.17, 15) is 18.4 Å². The Balaban J connectivity index is 2.04. The Labute approximate surface area is 200 Å². The summed E-state index contributed by atoms with van der Waals surface area (Å²) in [5, 5.41) is 4.91. The summed E-state index contributed by atoms with van der Waals surface area (Å²) >= 11 is 6.28. The molecule has 0 saturated heterocycles. The van der Waals surface area contributed by atoms with Crippen LogP contribution in [0.2, 0.25) is 5.02 Å². The van der Waals surface area contributed by atoms with E-state index in [4.69, 9.17) is 21.1 Å². The van der Waals surface area contributed by atoms with Crippen molar-refractivity contribution in [3.63, 3.8) is 0 Å². The summed E-state index contributed by atoms with van der Waals surface area (Å²) in [6, 6.07) is 14.0. The van der Waals surface area contributed by atoms with Gasteiger partial charge in [0, 0.05) is 0 Å². The Morgan fingerprint density at radius 3 is 1.94 bits per heavy atom. The molecule has 176 valence electrons. The monoisotopic (exact) mass is 486 g/mol. The number of carbonyl (C=O) groups is 2. The van der Waals surface area contributed by atoms with Crippen molar-refractivity contribution in [2.45, 2.75) is 6.92 Å². The van der Waals surface area contributed by atoms with Crippen molar-refractivity contribution < 1.29 is 27.8 Å². The Kier molecular flexibility index (Phi) is 8.21. The summed E-state index contributed by atoms with van der Waals surface area (Å²) in [5.74, 6) is -2.61. The van der Waals surface area contributed by atoms with Gasteiger partial charge in [-0.25, -0.2) is 8.78 Å². The molecular weight excluding hydrogens is 466 g/mol. The van der Waals surface area contributed by atoms with Crippen LogP contribution in [0.5, 0.6) is 11.5 Å². The predicted octanol–water partition coefficient (Wildman–Crippen LogP) is 5.69. The molecule has 0 radical (unpaired) electrons. The second-order valence-electron chi connectivity index (χ2n) is 6.89. The van der Waals surface area contributed by atoms with Crippen LogP contribution in [0.15, 0.2) is 66.2 Å². The molecule has 0 heterocycles. The number of amides is 2. The molecule has 3 rings (SSSR count). The first-order valence-corrected chi connectivity index (χ1v) is 10.6. The van der Waals surface area contributed by atoms with Gasteiger partial charge in [0.05, 0.1) is 30.1 Å². The molecule has 34 heavy (non-hydrogen) atoms. The molecule has 0 aliphatic carbocycles. The fourth-order valence-corrected chi connectivity index (χ4v) is 3.33. The maximum absolute atomic E-state index is 14.1. The largest absolute Gasteiger partial charge is 0.491 e. The highest BCUT2D eigenvalue weighted by Crippen LogP contribution is 2.37. The number of methoxy groups -OCH3 is 1. The third kappa shape index (κ3) is 5.90. The highest BCUT2D eigenvalue weighted by Gasteiger charge is 2.22. The van der Waals surface area contributed by atoms with E-state index in [0.717, 1.165) is 12.1 Å². The van der Waals surface area contributed by atoms with Crippen LogP contribution in [-0.2, 0) is 9.59 Å². The number of benzene rings is 3. The zero-order valence-corrected chi connectivity index (χ0v) is 19.1. The number of ether oxygens (including phenoxy) is 2. The molecule has 0 unspecified atom stereocenters. The summed E-state index contributed by atoms with van der Waals surface area (Å²) in [6.45, 7) is 2.08. The predicted molar refractivity (Wildman–Crippen MR) is 127 cm³/mol. The lowest BCUT2D eigenvalue weighted by molar-refractivity contribution is -0.118. The average molecular weight is 487 g/mol. The molecular formula is C25H21ClF2N2O4. The molecule has 9 heteroatoms. The van der Waals surface area contributed by atoms with E-state index < -0.39 is 29.0 Å². The number of para-hydroxylation sites is 2. The lowest BCUT2D eigenvalue weighted by Crippen LogP contribution is -2.26. The van der Waals surface area contributed by atoms with Gasteiger partial charge in [-0.2, -0.15) is 0 Å². The van der Waals surface area contributed by atoms with Crippen molar-refractivity contribution >= 4 is 40.9 Å². The Morgan fingerprint density at radius 1 is 0.941 bits per heavy atom. The number of halogens is 3. The molecule has 3 aromatic rings. The quantitative estimate of drug-likeness (QED) is 0.244. The first kappa shape index (κ1) is 24.7. The van der Waals surface area contributed by atoms with E-state index in [1.165, 1.54) is 61.7 Å². The van der Waals surface area contributed by atoms with E-state index in [0.29, 0.717) is 17.9 Å². The Bertz CT molecular complexity index is 1190. The summed E-state index contributed by atoms with van der Waals surface area (Å²) in [4.78, 5) is 26.0. The summed E-state index contributed by atoms with van der Waals surface area (Å²) in [5.41, 5.74) is -0.341. The second kappa shape index (κ2) is 11.3. The topological polar surface area (TPSA) is 76.7 Å². The van der Waals surface area contributed by atoms with Crippen LogP contribution in [0, 0.1) is 11.6 Å². The van der Waals surface area contributed by atoms with E-state index in [1.54, 1.807) is 6.92 Å². The third-order valence-corrected chi connectivity index (χ3v) is 4.86. The van der Waals surface area contributed by atoms with E-state index in [-0.39, 0.29) is 22.1 Å². The van der Waals surface area contributed by atoms with E-state index in [1.807, 2.05) is 0 Å². The minimum absolute atomic E-state index is 0.125. The fourth-order valence-electron chi connectivity index (χ4n) is 3.04. The summed E-state index contributed by atoms with van der Waals surface area (Å²) in [6.07, 6.45) is 1.24. The molecule has 0 bridgehead atoms.